The van der Waals surface area contributed by atoms with E-state index in [1.807, 2.05) is 0 Å². The largest absolute Gasteiger partial charge is 0.508 e. The third-order valence-electron chi connectivity index (χ3n) is 8.35. The molecular formula is C26H33N3O9S2. The number of thiazole rings is 1. The van der Waals surface area contributed by atoms with Gasteiger partial charge in [0.25, 0.3) is 0 Å². The van der Waals surface area contributed by atoms with Gasteiger partial charge in [-0.25, -0.2) is 23.0 Å². The van der Waals surface area contributed by atoms with Gasteiger partial charge in [-0.2, -0.15) is 0 Å². The van der Waals surface area contributed by atoms with E-state index in [-0.39, 0.29) is 30.4 Å². The number of nitrogens with zero attached hydrogens (tertiary/aromatic N) is 3. The smallest absolute Gasteiger partial charge is 0.477 e. The van der Waals surface area contributed by atoms with Crippen LogP contribution in [0.4, 0.5) is 4.79 Å². The van der Waals surface area contributed by atoms with Gasteiger partial charge in [0.05, 0.1) is 36.2 Å². The Bertz CT molecular complexity index is 1490. The van der Waals surface area contributed by atoms with E-state index in [4.69, 9.17) is 9.47 Å². The summed E-state index contributed by atoms with van der Waals surface area (Å²) >= 11 is 1.05. The third kappa shape index (κ3) is 4.79. The van der Waals surface area contributed by atoms with Gasteiger partial charge in [-0.15, -0.1) is 11.3 Å². The Morgan fingerprint density at radius 3 is 2.58 bits per heavy atom. The summed E-state index contributed by atoms with van der Waals surface area (Å²) in [5.74, 6) is -2.37. The first kappa shape index (κ1) is 28.6. The van der Waals surface area contributed by atoms with Crippen molar-refractivity contribution in [3.05, 3.63) is 23.1 Å². The van der Waals surface area contributed by atoms with Crippen molar-refractivity contribution in [3.63, 3.8) is 0 Å². The van der Waals surface area contributed by atoms with Crippen LogP contribution in [0.15, 0.2) is 23.2 Å². The molecule has 4 atom stereocenters. The molecule has 2 N–H and O–H groups in total. The number of aliphatic hydroxyl groups excluding tert-OH is 1. The number of hydrogen-bond donors (Lipinski definition) is 2. The van der Waals surface area contributed by atoms with Crippen LogP contribution in [0.5, 0.6) is 0 Å². The molecule has 1 aliphatic carbocycles. The number of rotatable bonds is 9. The van der Waals surface area contributed by atoms with Crippen LogP contribution in [0.25, 0.3) is 10.4 Å². The topological polar surface area (TPSA) is 165 Å². The second-order valence-corrected chi connectivity index (χ2v) is 14.1. The molecule has 1 saturated carbocycles. The minimum atomic E-state index is -3.65. The molecule has 1 amide bonds. The highest BCUT2D eigenvalue weighted by Crippen LogP contribution is 2.60. The fourth-order valence-electron chi connectivity index (χ4n) is 6.41. The lowest BCUT2D eigenvalue weighted by molar-refractivity contribution is -0.167. The average molecular weight is 596 g/mol. The summed E-state index contributed by atoms with van der Waals surface area (Å²) in [6, 6.07) is -0.697. The number of ether oxygens (including phenoxy) is 2. The Kier molecular flexibility index (Phi) is 7.46. The summed E-state index contributed by atoms with van der Waals surface area (Å²) in [4.78, 5) is 43.9. The maximum atomic E-state index is 13.1. The van der Waals surface area contributed by atoms with Gasteiger partial charge in [0.1, 0.15) is 16.9 Å². The zero-order valence-corrected chi connectivity index (χ0v) is 24.2. The van der Waals surface area contributed by atoms with Crippen molar-refractivity contribution in [2.45, 2.75) is 69.5 Å². The molecule has 12 nitrogen and oxygen atoms in total. The maximum absolute atomic E-state index is 13.1. The van der Waals surface area contributed by atoms with Crippen LogP contribution in [0.3, 0.4) is 0 Å². The van der Waals surface area contributed by atoms with Crippen LogP contribution in [-0.2, 0) is 28.9 Å². The number of aromatic nitrogens is 2. The van der Waals surface area contributed by atoms with E-state index < -0.39 is 51.3 Å². The molecule has 40 heavy (non-hydrogen) atoms. The summed E-state index contributed by atoms with van der Waals surface area (Å²) in [5.41, 5.74) is -0.962. The van der Waals surface area contributed by atoms with Crippen molar-refractivity contribution in [3.8, 4) is 0 Å². The summed E-state index contributed by atoms with van der Waals surface area (Å²) in [6.45, 7) is 3.44. The van der Waals surface area contributed by atoms with E-state index in [2.05, 4.69) is 4.98 Å². The minimum Gasteiger partial charge on any atom is -0.477 e. The SMILES string of the molecule is C[C@@H](O)[C@H]1C(=O)N2C(C(=O)O)=C(c3cn4cnc(S(C)(=O)=O)c4s3)C(C)(CCOC(=O)OCC3CCCCC3)[C@@H]12. The average Bonchev–Trinajstić information content (AvgIpc) is 3.51. The van der Waals surface area contributed by atoms with Gasteiger partial charge in [-0.3, -0.25) is 9.20 Å². The van der Waals surface area contributed by atoms with E-state index in [0.717, 1.165) is 43.3 Å². The predicted octanol–water partition coefficient (Wildman–Crippen LogP) is 2.95. The highest BCUT2D eigenvalue weighted by molar-refractivity contribution is 7.91. The lowest BCUT2D eigenvalue weighted by atomic mass is 9.66. The Hall–Kier alpha value is -2.97. The van der Waals surface area contributed by atoms with Crippen molar-refractivity contribution in [1.29, 1.82) is 0 Å². The van der Waals surface area contributed by atoms with Crippen LogP contribution in [0.2, 0.25) is 0 Å². The fourth-order valence-corrected chi connectivity index (χ4v) is 8.80. The Labute approximate surface area is 235 Å². The molecule has 5 rings (SSSR count). The molecule has 0 spiro atoms. The quantitative estimate of drug-likeness (QED) is 0.325. The first-order valence-corrected chi connectivity index (χ1v) is 16.0. The normalized spacial score (nSPS) is 26.1. The molecule has 1 saturated heterocycles. The zero-order chi connectivity index (χ0) is 29.0. The maximum Gasteiger partial charge on any atom is 0.508 e. The molecule has 4 heterocycles. The molecule has 2 aromatic heterocycles. The van der Waals surface area contributed by atoms with Crippen molar-refractivity contribution < 1.29 is 42.5 Å². The van der Waals surface area contributed by atoms with Gasteiger partial charge < -0.3 is 24.6 Å². The number of carbonyl (C=O) groups is 3. The fraction of sp³-hybridized carbons (Fsp3) is 0.615. The zero-order valence-electron chi connectivity index (χ0n) is 22.5. The van der Waals surface area contributed by atoms with Crippen LogP contribution in [0.1, 0.15) is 57.2 Å². The van der Waals surface area contributed by atoms with Gasteiger partial charge >= 0.3 is 12.1 Å². The van der Waals surface area contributed by atoms with Crippen LogP contribution in [-0.4, -0.2) is 82.6 Å². The Morgan fingerprint density at radius 1 is 1.25 bits per heavy atom. The number of aliphatic carboxylic acids is 1. The molecule has 218 valence electrons. The summed E-state index contributed by atoms with van der Waals surface area (Å²) in [6.07, 6.45) is 7.70. The summed E-state index contributed by atoms with van der Waals surface area (Å²) in [5, 5.41) is 20.5. The number of carboxylic acid groups (broad SMARTS) is 1. The van der Waals surface area contributed by atoms with E-state index in [1.165, 1.54) is 29.0 Å². The predicted molar refractivity (Wildman–Crippen MR) is 143 cm³/mol. The van der Waals surface area contributed by atoms with Gasteiger partial charge in [0.2, 0.25) is 5.91 Å². The second kappa shape index (κ2) is 10.5. The van der Waals surface area contributed by atoms with Gasteiger partial charge in [0.15, 0.2) is 14.9 Å². The molecule has 2 fully saturated rings. The number of hydrogen-bond acceptors (Lipinski definition) is 10. The number of β-lactam (4-membered cyclic amide) rings is 1. The second-order valence-electron chi connectivity index (χ2n) is 11.2. The van der Waals surface area contributed by atoms with Crippen molar-refractivity contribution in [2.24, 2.45) is 17.3 Å². The highest BCUT2D eigenvalue weighted by atomic mass is 32.2. The monoisotopic (exact) mass is 595 g/mol. The van der Waals surface area contributed by atoms with Crippen LogP contribution in [0, 0.1) is 17.3 Å². The minimum absolute atomic E-state index is 0.109. The van der Waals surface area contributed by atoms with E-state index in [0.29, 0.717) is 21.2 Å². The summed E-state index contributed by atoms with van der Waals surface area (Å²) < 4.78 is 36.7. The molecule has 14 heteroatoms. The van der Waals surface area contributed by atoms with Crippen molar-refractivity contribution >= 4 is 49.6 Å². The Balaban J connectivity index is 1.45. The molecule has 3 aliphatic rings. The number of carboxylic acids is 1. The first-order valence-electron chi connectivity index (χ1n) is 13.3. The molecule has 0 bridgehead atoms. The molecule has 0 radical (unpaired) electrons. The number of fused-ring (bicyclic) bond motifs is 2. The number of aliphatic hydroxyl groups is 1. The highest BCUT2D eigenvalue weighted by Gasteiger charge is 2.66. The van der Waals surface area contributed by atoms with E-state index in [1.54, 1.807) is 13.1 Å². The van der Waals surface area contributed by atoms with Gasteiger partial charge in [-0.05, 0) is 32.1 Å². The van der Waals surface area contributed by atoms with E-state index in [9.17, 15) is 33.0 Å². The van der Waals surface area contributed by atoms with Crippen molar-refractivity contribution in [2.75, 3.05) is 19.5 Å². The lowest BCUT2D eigenvalue weighted by Gasteiger charge is -2.50. The molecule has 2 aromatic rings. The van der Waals surface area contributed by atoms with E-state index >= 15 is 0 Å². The molecule has 0 aromatic carbocycles. The number of amides is 1. The number of sulfone groups is 1. The van der Waals surface area contributed by atoms with Crippen LogP contribution >= 0.6 is 11.3 Å². The third-order valence-corrected chi connectivity index (χ3v) is 10.6. The number of imidazole rings is 1. The molecular weight excluding hydrogens is 562 g/mol. The van der Waals surface area contributed by atoms with Crippen molar-refractivity contribution in [1.82, 2.24) is 14.3 Å². The first-order chi connectivity index (χ1) is 18.8. The molecule has 2 aliphatic heterocycles. The molecule has 1 unspecified atom stereocenters. The standard InChI is InChI=1S/C26H33N3O9S2/c1-14(30)17-20-26(2,9-10-37-25(34)38-12-15-7-5-4-6-8-15)18(19(24(32)33)29(20)22(17)31)16-11-28-13-27-21(23(28)39-16)40(3,35)36/h11,13-15,17,20,30H,4-10,12H2,1-3H3,(H,32,33)/t14-,17-,20-,26?/m1/s1. The summed E-state index contributed by atoms with van der Waals surface area (Å²) in [7, 11) is -3.65. The van der Waals surface area contributed by atoms with Gasteiger partial charge in [0, 0.05) is 23.4 Å². The van der Waals surface area contributed by atoms with Crippen LogP contribution < -0.4 is 0 Å². The lowest BCUT2D eigenvalue weighted by Crippen LogP contribution is -2.66. The Morgan fingerprint density at radius 2 is 1.95 bits per heavy atom. The number of carbonyl (C=O) groups excluding carboxylic acids is 2. The van der Waals surface area contributed by atoms with Gasteiger partial charge in [-0.1, -0.05) is 26.2 Å².